The Kier molecular flexibility index (Phi) is 4.90. The van der Waals surface area contributed by atoms with Gasteiger partial charge in [0.1, 0.15) is 5.82 Å². The molecule has 0 aromatic heterocycles. The van der Waals surface area contributed by atoms with Gasteiger partial charge in [-0.15, -0.1) is 0 Å². The van der Waals surface area contributed by atoms with Crippen LogP contribution in [0, 0.1) is 5.82 Å². The van der Waals surface area contributed by atoms with Crippen molar-refractivity contribution < 1.29 is 14.0 Å². The average Bonchev–Trinajstić information content (AvgIpc) is 2.98. The summed E-state index contributed by atoms with van der Waals surface area (Å²) in [5.74, 6) is -0.472. The molecule has 1 atom stereocenters. The van der Waals surface area contributed by atoms with E-state index in [4.69, 9.17) is 0 Å². The highest BCUT2D eigenvalue weighted by Crippen LogP contribution is 2.25. The van der Waals surface area contributed by atoms with Gasteiger partial charge in [0.05, 0.1) is 24.7 Å². The molecule has 0 N–H and O–H groups in total. The molecular formula is C21H22FN3O2. The molecule has 27 heavy (non-hydrogen) atoms. The molecule has 140 valence electrons. The number of carbonyl (C=O) groups is 2. The van der Waals surface area contributed by atoms with Gasteiger partial charge in [0.2, 0.25) is 11.8 Å². The smallest absolute Gasteiger partial charge is 0.247 e. The van der Waals surface area contributed by atoms with Crippen molar-refractivity contribution in [3.05, 3.63) is 66.0 Å². The number of halogens is 1. The Labute approximate surface area is 158 Å². The first-order valence-electron chi connectivity index (χ1n) is 9.25. The second-order valence-corrected chi connectivity index (χ2v) is 7.00. The number of hydrogen-bond donors (Lipinski definition) is 0. The van der Waals surface area contributed by atoms with Gasteiger partial charge < -0.3 is 4.90 Å². The van der Waals surface area contributed by atoms with Crippen LogP contribution in [0.1, 0.15) is 12.0 Å². The first kappa shape index (κ1) is 17.7. The number of amides is 2. The third kappa shape index (κ3) is 3.57. The molecule has 2 saturated heterocycles. The van der Waals surface area contributed by atoms with Crippen LogP contribution in [0.2, 0.25) is 0 Å². The fraction of sp³-hybridized carbons (Fsp3) is 0.333. The predicted octanol–water partition coefficient (Wildman–Crippen LogP) is 2.28. The van der Waals surface area contributed by atoms with E-state index in [0.29, 0.717) is 38.4 Å². The fourth-order valence-electron chi connectivity index (χ4n) is 3.87. The Bertz CT molecular complexity index is 834. The number of likely N-dealkylation sites (tertiary alicyclic amines) is 1. The second kappa shape index (κ2) is 7.48. The van der Waals surface area contributed by atoms with E-state index >= 15 is 0 Å². The minimum absolute atomic E-state index is 0.120. The van der Waals surface area contributed by atoms with E-state index in [0.717, 1.165) is 5.56 Å². The molecule has 2 heterocycles. The molecule has 2 aliphatic heterocycles. The molecule has 0 spiro atoms. The summed E-state index contributed by atoms with van der Waals surface area (Å²) in [5, 5.41) is 0. The Balaban J connectivity index is 1.39. The summed E-state index contributed by atoms with van der Waals surface area (Å²) in [6, 6.07) is 15.9. The van der Waals surface area contributed by atoms with Crippen molar-refractivity contribution in [2.75, 3.05) is 31.1 Å². The first-order chi connectivity index (χ1) is 13.1. The summed E-state index contributed by atoms with van der Waals surface area (Å²) in [5.41, 5.74) is 1.54. The summed E-state index contributed by atoms with van der Waals surface area (Å²) in [7, 11) is 0. The number of imide groups is 1. The third-order valence-electron chi connectivity index (χ3n) is 5.35. The number of nitrogens with zero attached hydrogens (tertiary/aromatic N) is 3. The molecule has 2 fully saturated rings. The topological polar surface area (TPSA) is 43.9 Å². The number of para-hydroxylation sites is 1. The zero-order valence-electron chi connectivity index (χ0n) is 15.1. The van der Waals surface area contributed by atoms with E-state index in [9.17, 15) is 14.0 Å². The highest BCUT2D eigenvalue weighted by atomic mass is 19.1. The van der Waals surface area contributed by atoms with Crippen molar-refractivity contribution in [3.8, 4) is 0 Å². The lowest BCUT2D eigenvalue weighted by molar-refractivity contribution is -0.140. The maximum absolute atomic E-state index is 14.0. The van der Waals surface area contributed by atoms with Gasteiger partial charge in [0.15, 0.2) is 0 Å². The van der Waals surface area contributed by atoms with Gasteiger partial charge >= 0.3 is 0 Å². The monoisotopic (exact) mass is 367 g/mol. The maximum Gasteiger partial charge on any atom is 0.247 e. The third-order valence-corrected chi connectivity index (χ3v) is 5.35. The molecule has 6 heteroatoms. The highest BCUT2D eigenvalue weighted by Gasteiger charge is 2.42. The van der Waals surface area contributed by atoms with E-state index in [1.165, 1.54) is 11.0 Å². The SMILES string of the molecule is O=C1CC(N2CCN(c3ccccc3F)CC2)C(=O)N1Cc1ccccc1. The Morgan fingerprint density at radius 3 is 2.26 bits per heavy atom. The standard InChI is InChI=1S/C21H22FN3O2/c22-17-8-4-5-9-18(17)23-10-12-24(13-11-23)19-14-20(26)25(21(19)27)15-16-6-2-1-3-7-16/h1-9,19H,10-15H2. The van der Waals surface area contributed by atoms with E-state index in [-0.39, 0.29) is 24.1 Å². The largest absolute Gasteiger partial charge is 0.367 e. The van der Waals surface area contributed by atoms with Gasteiger partial charge in [-0.05, 0) is 17.7 Å². The van der Waals surface area contributed by atoms with Gasteiger partial charge in [-0.2, -0.15) is 0 Å². The molecule has 4 rings (SSSR count). The van der Waals surface area contributed by atoms with Crippen LogP contribution in [-0.4, -0.2) is 53.8 Å². The quantitative estimate of drug-likeness (QED) is 0.778. The minimum atomic E-state index is -0.399. The van der Waals surface area contributed by atoms with Gasteiger partial charge in [0.25, 0.3) is 0 Å². The number of benzene rings is 2. The average molecular weight is 367 g/mol. The van der Waals surface area contributed by atoms with Gasteiger partial charge in [0, 0.05) is 26.2 Å². The minimum Gasteiger partial charge on any atom is -0.367 e. The van der Waals surface area contributed by atoms with E-state index < -0.39 is 6.04 Å². The number of rotatable bonds is 4. The van der Waals surface area contributed by atoms with Crippen LogP contribution in [-0.2, 0) is 16.1 Å². The molecule has 0 radical (unpaired) electrons. The van der Waals surface area contributed by atoms with Crippen molar-refractivity contribution >= 4 is 17.5 Å². The molecule has 0 bridgehead atoms. The van der Waals surface area contributed by atoms with Crippen LogP contribution in [0.3, 0.4) is 0 Å². The molecule has 2 amide bonds. The number of anilines is 1. The summed E-state index contributed by atoms with van der Waals surface area (Å²) in [6.07, 6.45) is 0.228. The van der Waals surface area contributed by atoms with Crippen molar-refractivity contribution in [2.24, 2.45) is 0 Å². The Morgan fingerprint density at radius 1 is 0.889 bits per heavy atom. The lowest BCUT2D eigenvalue weighted by Gasteiger charge is -2.38. The summed E-state index contributed by atoms with van der Waals surface area (Å²) < 4.78 is 14.0. The number of piperazine rings is 1. The molecule has 0 aliphatic carbocycles. The van der Waals surface area contributed by atoms with Gasteiger partial charge in [-0.3, -0.25) is 19.4 Å². The van der Waals surface area contributed by atoms with Crippen LogP contribution in [0.25, 0.3) is 0 Å². The Hall–Kier alpha value is -2.73. The zero-order chi connectivity index (χ0) is 18.8. The maximum atomic E-state index is 14.0. The van der Waals surface area contributed by atoms with Crippen LogP contribution in [0.15, 0.2) is 54.6 Å². The van der Waals surface area contributed by atoms with Gasteiger partial charge in [-0.1, -0.05) is 42.5 Å². The normalized spacial score (nSPS) is 21.1. The predicted molar refractivity (Wildman–Crippen MR) is 101 cm³/mol. The lowest BCUT2D eigenvalue weighted by atomic mass is 10.1. The molecule has 0 saturated carbocycles. The highest BCUT2D eigenvalue weighted by molar-refractivity contribution is 6.05. The van der Waals surface area contributed by atoms with Crippen molar-refractivity contribution in [1.82, 2.24) is 9.80 Å². The second-order valence-electron chi connectivity index (χ2n) is 7.00. The van der Waals surface area contributed by atoms with Crippen LogP contribution >= 0.6 is 0 Å². The van der Waals surface area contributed by atoms with Crippen LogP contribution in [0.5, 0.6) is 0 Å². The summed E-state index contributed by atoms with van der Waals surface area (Å²) >= 11 is 0. The van der Waals surface area contributed by atoms with Crippen molar-refractivity contribution in [1.29, 1.82) is 0 Å². The molecule has 2 aromatic rings. The van der Waals surface area contributed by atoms with Crippen molar-refractivity contribution in [3.63, 3.8) is 0 Å². The number of hydrogen-bond acceptors (Lipinski definition) is 4. The van der Waals surface area contributed by atoms with E-state index in [1.807, 2.05) is 41.3 Å². The summed E-state index contributed by atoms with van der Waals surface area (Å²) in [6.45, 7) is 2.87. The summed E-state index contributed by atoms with van der Waals surface area (Å²) in [4.78, 5) is 30.6. The van der Waals surface area contributed by atoms with Crippen molar-refractivity contribution in [2.45, 2.75) is 19.0 Å². The molecule has 2 aromatic carbocycles. The molecule has 1 unspecified atom stereocenters. The van der Waals surface area contributed by atoms with E-state index in [1.54, 1.807) is 12.1 Å². The van der Waals surface area contributed by atoms with Crippen LogP contribution < -0.4 is 4.90 Å². The molecular weight excluding hydrogens is 345 g/mol. The first-order valence-corrected chi connectivity index (χ1v) is 9.25. The fourth-order valence-corrected chi connectivity index (χ4v) is 3.87. The zero-order valence-corrected chi connectivity index (χ0v) is 15.1. The van der Waals surface area contributed by atoms with E-state index in [2.05, 4.69) is 4.90 Å². The molecule has 5 nitrogen and oxygen atoms in total. The lowest BCUT2D eigenvalue weighted by Crippen LogP contribution is -2.52. The number of carbonyl (C=O) groups excluding carboxylic acids is 2. The Morgan fingerprint density at radius 2 is 1.56 bits per heavy atom. The molecule has 2 aliphatic rings. The van der Waals surface area contributed by atoms with Crippen LogP contribution in [0.4, 0.5) is 10.1 Å². The van der Waals surface area contributed by atoms with Gasteiger partial charge in [-0.25, -0.2) is 4.39 Å².